The molecule has 0 aliphatic rings. The number of alkyl carbamates (subject to hydrolysis) is 1. The van der Waals surface area contributed by atoms with Crippen molar-refractivity contribution in [2.24, 2.45) is 0 Å². The summed E-state index contributed by atoms with van der Waals surface area (Å²) in [5, 5.41) is 14.8. The fraction of sp³-hybridized carbons (Fsp3) is 0.192. The molecule has 0 radical (unpaired) electrons. The van der Waals surface area contributed by atoms with Crippen molar-refractivity contribution < 1.29 is 24.2 Å². The second-order valence-corrected chi connectivity index (χ2v) is 7.56. The monoisotopic (exact) mass is 446 g/mol. The van der Waals surface area contributed by atoms with E-state index in [4.69, 9.17) is 4.74 Å². The third-order valence-corrected chi connectivity index (χ3v) is 5.04. The average Bonchev–Trinajstić information content (AvgIpc) is 2.83. The van der Waals surface area contributed by atoms with Crippen LogP contribution in [0, 0.1) is 0 Å². The van der Waals surface area contributed by atoms with Crippen molar-refractivity contribution >= 4 is 23.5 Å². The second-order valence-electron chi connectivity index (χ2n) is 7.56. The summed E-state index contributed by atoms with van der Waals surface area (Å²) in [5.74, 6) is -1.39. The molecule has 0 bridgehead atoms. The molecule has 7 nitrogen and oxygen atoms in total. The number of hydrogen-bond donors (Lipinski definition) is 3. The number of para-hydroxylation sites is 1. The summed E-state index contributed by atoms with van der Waals surface area (Å²) >= 11 is 0. The van der Waals surface area contributed by atoms with Gasteiger partial charge < -0.3 is 20.5 Å². The van der Waals surface area contributed by atoms with E-state index in [0.29, 0.717) is 5.69 Å². The summed E-state index contributed by atoms with van der Waals surface area (Å²) in [4.78, 5) is 37.3. The Bertz CT molecular complexity index is 1090. The molecule has 0 aliphatic heterocycles. The molecule has 3 aromatic rings. The molecule has 0 fully saturated rings. The van der Waals surface area contributed by atoms with E-state index in [0.717, 1.165) is 11.1 Å². The first-order valence-corrected chi connectivity index (χ1v) is 10.6. The Hall–Kier alpha value is -4.13. The summed E-state index contributed by atoms with van der Waals surface area (Å²) in [6.45, 7) is 1.57. The SMILES string of the molecule is CC(Nc1ccccc1C(=O)[C@H](Cc1ccccc1)NC(=O)OCc1ccccc1)C(=O)O. The van der Waals surface area contributed by atoms with Crippen molar-refractivity contribution in [2.75, 3.05) is 5.32 Å². The molecular weight excluding hydrogens is 420 g/mol. The van der Waals surface area contributed by atoms with Gasteiger partial charge in [-0.15, -0.1) is 0 Å². The number of carbonyl (C=O) groups excluding carboxylic acids is 2. The van der Waals surface area contributed by atoms with Crippen molar-refractivity contribution in [1.82, 2.24) is 5.32 Å². The minimum atomic E-state index is -1.04. The van der Waals surface area contributed by atoms with E-state index in [1.54, 1.807) is 24.3 Å². The normalized spacial score (nSPS) is 12.3. The highest BCUT2D eigenvalue weighted by Crippen LogP contribution is 2.20. The number of carboxylic acid groups (broad SMARTS) is 1. The van der Waals surface area contributed by atoms with Gasteiger partial charge in [0.05, 0.1) is 6.04 Å². The van der Waals surface area contributed by atoms with Crippen LogP contribution in [0.15, 0.2) is 84.9 Å². The van der Waals surface area contributed by atoms with Crippen LogP contribution in [-0.4, -0.2) is 35.0 Å². The zero-order valence-corrected chi connectivity index (χ0v) is 18.2. The molecule has 170 valence electrons. The summed E-state index contributed by atoms with van der Waals surface area (Å²) < 4.78 is 5.31. The molecule has 3 rings (SSSR count). The number of nitrogens with one attached hydrogen (secondary N) is 2. The van der Waals surface area contributed by atoms with Crippen LogP contribution in [0.4, 0.5) is 10.5 Å². The van der Waals surface area contributed by atoms with E-state index in [9.17, 15) is 19.5 Å². The molecule has 33 heavy (non-hydrogen) atoms. The van der Waals surface area contributed by atoms with E-state index in [-0.39, 0.29) is 24.4 Å². The molecule has 1 amide bonds. The fourth-order valence-corrected chi connectivity index (χ4v) is 3.27. The molecule has 1 unspecified atom stereocenters. The lowest BCUT2D eigenvalue weighted by molar-refractivity contribution is -0.137. The molecule has 0 aromatic heterocycles. The zero-order valence-electron chi connectivity index (χ0n) is 18.2. The van der Waals surface area contributed by atoms with Crippen molar-refractivity contribution in [1.29, 1.82) is 0 Å². The number of anilines is 1. The first-order valence-electron chi connectivity index (χ1n) is 10.6. The summed E-state index contributed by atoms with van der Waals surface area (Å²) in [6.07, 6.45) is -0.458. The smallest absolute Gasteiger partial charge is 0.408 e. The highest BCUT2D eigenvalue weighted by Gasteiger charge is 2.26. The predicted octanol–water partition coefficient (Wildman–Crippen LogP) is 4.29. The molecule has 0 saturated heterocycles. The van der Waals surface area contributed by atoms with Gasteiger partial charge in [-0.25, -0.2) is 4.79 Å². The van der Waals surface area contributed by atoms with E-state index >= 15 is 0 Å². The van der Waals surface area contributed by atoms with Gasteiger partial charge >= 0.3 is 12.1 Å². The number of benzene rings is 3. The first kappa shape index (κ1) is 23.5. The molecular formula is C26H26N2O5. The predicted molar refractivity (Wildman–Crippen MR) is 125 cm³/mol. The number of Topliss-reactive ketones (excluding diaryl/α,β-unsaturated/α-hetero) is 1. The molecule has 3 aromatic carbocycles. The number of amides is 1. The summed E-state index contributed by atoms with van der Waals surface area (Å²) in [7, 11) is 0. The van der Waals surface area contributed by atoms with Gasteiger partial charge in [0.1, 0.15) is 12.6 Å². The van der Waals surface area contributed by atoms with Crippen molar-refractivity contribution in [3.63, 3.8) is 0 Å². The number of ether oxygens (including phenoxy) is 1. The molecule has 3 N–H and O–H groups in total. The number of aliphatic carboxylic acids is 1. The Kier molecular flexibility index (Phi) is 8.18. The van der Waals surface area contributed by atoms with Gasteiger partial charge in [0.25, 0.3) is 0 Å². The maximum Gasteiger partial charge on any atom is 0.408 e. The Labute approximate surface area is 192 Å². The Morgan fingerprint density at radius 1 is 0.848 bits per heavy atom. The molecule has 0 heterocycles. The standard InChI is InChI=1S/C26H26N2O5/c1-18(25(30)31)27-22-15-9-8-14-21(22)24(29)23(16-19-10-4-2-5-11-19)28-26(32)33-17-20-12-6-3-7-13-20/h2-15,18,23,27H,16-17H2,1H3,(H,28,32)(H,30,31)/t18?,23-/m0/s1. The number of rotatable bonds is 10. The maximum absolute atomic E-state index is 13.5. The average molecular weight is 447 g/mol. The van der Waals surface area contributed by atoms with Crippen LogP contribution in [0.5, 0.6) is 0 Å². The van der Waals surface area contributed by atoms with Crippen LogP contribution >= 0.6 is 0 Å². The molecule has 7 heteroatoms. The minimum absolute atomic E-state index is 0.0766. The molecule has 0 saturated carbocycles. The highest BCUT2D eigenvalue weighted by molar-refractivity contribution is 6.06. The van der Waals surface area contributed by atoms with Crippen LogP contribution in [0.2, 0.25) is 0 Å². The van der Waals surface area contributed by atoms with Gasteiger partial charge in [-0.1, -0.05) is 72.8 Å². The van der Waals surface area contributed by atoms with Crippen LogP contribution in [0.1, 0.15) is 28.4 Å². The fourth-order valence-electron chi connectivity index (χ4n) is 3.27. The van der Waals surface area contributed by atoms with Crippen LogP contribution < -0.4 is 10.6 Å². The number of ketones is 1. The Balaban J connectivity index is 1.79. The van der Waals surface area contributed by atoms with Crippen LogP contribution in [0.25, 0.3) is 0 Å². The van der Waals surface area contributed by atoms with Crippen molar-refractivity contribution in [2.45, 2.75) is 32.0 Å². The highest BCUT2D eigenvalue weighted by atomic mass is 16.5. The quantitative estimate of drug-likeness (QED) is 0.401. The lowest BCUT2D eigenvalue weighted by atomic mass is 9.96. The number of carbonyl (C=O) groups is 3. The first-order chi connectivity index (χ1) is 15.9. The number of carboxylic acids is 1. The van der Waals surface area contributed by atoms with Gasteiger partial charge in [-0.2, -0.15) is 0 Å². The largest absolute Gasteiger partial charge is 0.480 e. The third-order valence-electron chi connectivity index (χ3n) is 5.04. The zero-order chi connectivity index (χ0) is 23.6. The van der Waals surface area contributed by atoms with E-state index in [1.807, 2.05) is 60.7 Å². The van der Waals surface area contributed by atoms with E-state index in [2.05, 4.69) is 10.6 Å². The van der Waals surface area contributed by atoms with Crippen LogP contribution in [0.3, 0.4) is 0 Å². The van der Waals surface area contributed by atoms with Gasteiger partial charge in [0.15, 0.2) is 5.78 Å². The summed E-state index contributed by atoms with van der Waals surface area (Å²) in [6, 6.07) is 23.4. The second kappa shape index (κ2) is 11.5. The molecule has 2 atom stereocenters. The topological polar surface area (TPSA) is 105 Å². The third kappa shape index (κ3) is 6.93. The molecule has 0 aliphatic carbocycles. The van der Waals surface area contributed by atoms with E-state index in [1.165, 1.54) is 6.92 Å². The van der Waals surface area contributed by atoms with Crippen molar-refractivity contribution in [3.05, 3.63) is 102 Å². The summed E-state index contributed by atoms with van der Waals surface area (Å²) in [5.41, 5.74) is 2.36. The van der Waals surface area contributed by atoms with Crippen molar-refractivity contribution in [3.8, 4) is 0 Å². The number of hydrogen-bond acceptors (Lipinski definition) is 5. The molecule has 0 spiro atoms. The van der Waals surface area contributed by atoms with Gasteiger partial charge in [0.2, 0.25) is 0 Å². The Morgan fingerprint density at radius 2 is 1.42 bits per heavy atom. The van der Waals surface area contributed by atoms with Gasteiger partial charge in [-0.3, -0.25) is 9.59 Å². The lowest BCUT2D eigenvalue weighted by Crippen LogP contribution is -2.43. The lowest BCUT2D eigenvalue weighted by Gasteiger charge is -2.20. The van der Waals surface area contributed by atoms with E-state index < -0.39 is 24.1 Å². The van der Waals surface area contributed by atoms with Crippen LogP contribution in [-0.2, 0) is 22.6 Å². The Morgan fingerprint density at radius 3 is 2.06 bits per heavy atom. The van der Waals surface area contributed by atoms with Gasteiger partial charge in [-0.05, 0) is 30.2 Å². The maximum atomic E-state index is 13.5. The minimum Gasteiger partial charge on any atom is -0.480 e. The van der Waals surface area contributed by atoms with Gasteiger partial charge in [0, 0.05) is 17.7 Å².